The number of carbonyl (C=O) groups is 2. The molecule has 1 saturated carbocycles. The third kappa shape index (κ3) is 1.96. The molecule has 0 aromatic heterocycles. The number of nitrogens with zero attached hydrogens (tertiary/aromatic N) is 1. The lowest BCUT2D eigenvalue weighted by molar-refractivity contribution is -0.144. The zero-order chi connectivity index (χ0) is 13.4. The molecule has 1 fully saturated rings. The second-order valence-electron chi connectivity index (χ2n) is 5.63. The van der Waals surface area contributed by atoms with Crippen LogP contribution in [0, 0.1) is 5.41 Å². The molecule has 5 heteroatoms. The predicted molar refractivity (Wildman–Crippen MR) is 69.0 cm³/mol. The topological polar surface area (TPSA) is 84.5 Å². The normalized spacial score (nSPS) is 26.5. The van der Waals surface area contributed by atoms with E-state index in [2.05, 4.69) is 10.3 Å². The number of aliphatic imine (C=N–C) groups is 1. The third-order valence-corrected chi connectivity index (χ3v) is 4.27. The molecule has 1 unspecified atom stereocenters. The summed E-state index contributed by atoms with van der Waals surface area (Å²) < 4.78 is 0. The molecule has 0 bridgehead atoms. The van der Waals surface area contributed by atoms with Gasteiger partial charge in [-0.3, -0.25) is 9.59 Å². The molecule has 3 N–H and O–H groups in total. The van der Waals surface area contributed by atoms with Crippen LogP contribution in [-0.2, 0) is 9.59 Å². The lowest BCUT2D eigenvalue weighted by Gasteiger charge is -2.38. The Hall–Kier alpha value is -1.23. The van der Waals surface area contributed by atoms with Crippen molar-refractivity contribution in [2.75, 3.05) is 0 Å². The van der Waals surface area contributed by atoms with Crippen LogP contribution in [0.2, 0.25) is 0 Å². The Balaban J connectivity index is 2.32. The summed E-state index contributed by atoms with van der Waals surface area (Å²) in [4.78, 5) is 28.6. The molecule has 1 aliphatic heterocycles. The third-order valence-electron chi connectivity index (χ3n) is 4.27. The van der Waals surface area contributed by atoms with E-state index in [9.17, 15) is 9.59 Å². The highest BCUT2D eigenvalue weighted by atomic mass is 16.2. The molecule has 1 heterocycles. The molecule has 1 spiro atoms. The Labute approximate surface area is 107 Å². The standard InChI is InChI=1S/C13H21N3O2/c1-3-12(2,14)9-15-10(17)13(11(18)16-9)7-5-4-6-8-13/h3-8,14H2,1-2H3,(H,15,16,17,18). The van der Waals surface area contributed by atoms with E-state index in [1.54, 1.807) is 6.92 Å². The van der Waals surface area contributed by atoms with Gasteiger partial charge in [0.2, 0.25) is 5.91 Å². The number of hydrogen-bond donors (Lipinski definition) is 2. The Morgan fingerprint density at radius 1 is 1.33 bits per heavy atom. The minimum atomic E-state index is -0.911. The van der Waals surface area contributed by atoms with Crippen molar-refractivity contribution in [3.63, 3.8) is 0 Å². The van der Waals surface area contributed by atoms with Crippen LogP contribution in [0.15, 0.2) is 4.99 Å². The van der Waals surface area contributed by atoms with Crippen LogP contribution < -0.4 is 11.1 Å². The van der Waals surface area contributed by atoms with Crippen LogP contribution in [-0.4, -0.2) is 23.2 Å². The molecule has 1 aliphatic carbocycles. The van der Waals surface area contributed by atoms with Crippen LogP contribution in [0.3, 0.4) is 0 Å². The van der Waals surface area contributed by atoms with Gasteiger partial charge in [-0.1, -0.05) is 26.2 Å². The highest BCUT2D eigenvalue weighted by Gasteiger charge is 2.50. The van der Waals surface area contributed by atoms with E-state index >= 15 is 0 Å². The van der Waals surface area contributed by atoms with Gasteiger partial charge in [0.05, 0.1) is 5.54 Å². The average Bonchev–Trinajstić information content (AvgIpc) is 2.37. The molecule has 2 rings (SSSR count). The number of rotatable bonds is 2. The van der Waals surface area contributed by atoms with E-state index in [4.69, 9.17) is 5.73 Å². The summed E-state index contributed by atoms with van der Waals surface area (Å²) in [6, 6.07) is 0. The molecular formula is C13H21N3O2. The molecule has 1 atom stereocenters. The first-order valence-electron chi connectivity index (χ1n) is 6.66. The second-order valence-corrected chi connectivity index (χ2v) is 5.63. The van der Waals surface area contributed by atoms with E-state index in [1.165, 1.54) is 0 Å². The summed E-state index contributed by atoms with van der Waals surface area (Å²) in [5, 5.41) is 2.76. The first kappa shape index (κ1) is 13.2. The highest BCUT2D eigenvalue weighted by Crippen LogP contribution is 2.39. The van der Waals surface area contributed by atoms with Gasteiger partial charge in [0.1, 0.15) is 11.3 Å². The first-order chi connectivity index (χ1) is 8.42. The summed E-state index contributed by atoms with van der Waals surface area (Å²) in [6.07, 6.45) is 4.76. The maximum Gasteiger partial charge on any atom is 0.263 e. The van der Waals surface area contributed by atoms with Crippen molar-refractivity contribution < 1.29 is 9.59 Å². The van der Waals surface area contributed by atoms with Gasteiger partial charge in [-0.15, -0.1) is 0 Å². The summed E-state index contributed by atoms with van der Waals surface area (Å²) in [5.41, 5.74) is 4.38. The number of nitrogens with one attached hydrogen (secondary N) is 1. The fourth-order valence-electron chi connectivity index (χ4n) is 2.59. The maximum absolute atomic E-state index is 12.3. The van der Waals surface area contributed by atoms with Gasteiger partial charge in [0, 0.05) is 0 Å². The summed E-state index contributed by atoms with van der Waals surface area (Å²) in [6.45, 7) is 3.68. The molecule has 2 amide bonds. The van der Waals surface area contributed by atoms with Gasteiger partial charge in [0.15, 0.2) is 0 Å². The minimum Gasteiger partial charge on any atom is -0.319 e. The Kier molecular flexibility index (Phi) is 3.27. The number of carbonyl (C=O) groups excluding carboxylic acids is 2. The number of hydrogen-bond acceptors (Lipinski definition) is 3. The highest BCUT2D eigenvalue weighted by molar-refractivity contribution is 6.20. The fraction of sp³-hybridized carbons (Fsp3) is 0.769. The van der Waals surface area contributed by atoms with E-state index in [0.29, 0.717) is 25.1 Å². The van der Waals surface area contributed by atoms with Crippen LogP contribution in [0.5, 0.6) is 0 Å². The van der Waals surface area contributed by atoms with Crippen LogP contribution in [0.25, 0.3) is 0 Å². The molecular weight excluding hydrogens is 230 g/mol. The van der Waals surface area contributed by atoms with Gasteiger partial charge >= 0.3 is 0 Å². The van der Waals surface area contributed by atoms with Crippen molar-refractivity contribution in [3.8, 4) is 0 Å². The molecule has 0 radical (unpaired) electrons. The number of amidine groups is 1. The Bertz CT molecular complexity index is 406. The quantitative estimate of drug-likeness (QED) is 0.721. The molecule has 0 aromatic carbocycles. The van der Waals surface area contributed by atoms with Gasteiger partial charge < -0.3 is 11.1 Å². The lowest BCUT2D eigenvalue weighted by Crippen LogP contribution is -2.61. The van der Waals surface area contributed by atoms with Gasteiger partial charge in [-0.25, -0.2) is 0 Å². The Morgan fingerprint density at radius 2 is 1.94 bits per heavy atom. The number of nitrogens with two attached hydrogens (primary N) is 1. The molecule has 18 heavy (non-hydrogen) atoms. The van der Waals surface area contributed by atoms with Crippen molar-refractivity contribution in [3.05, 3.63) is 0 Å². The summed E-state index contributed by atoms with van der Waals surface area (Å²) in [5.74, 6) is -0.190. The SMILES string of the molecule is CCC(C)(N)C1=NC(=O)C2(CCCCC2)C(=O)N1. The first-order valence-corrected chi connectivity index (χ1v) is 6.66. The maximum atomic E-state index is 12.3. The smallest absolute Gasteiger partial charge is 0.263 e. The summed E-state index contributed by atoms with van der Waals surface area (Å²) in [7, 11) is 0. The van der Waals surface area contributed by atoms with Crippen molar-refractivity contribution in [2.45, 2.75) is 57.9 Å². The second kappa shape index (κ2) is 4.46. The van der Waals surface area contributed by atoms with Gasteiger partial charge in [0.25, 0.3) is 5.91 Å². The van der Waals surface area contributed by atoms with Gasteiger partial charge in [-0.2, -0.15) is 4.99 Å². The lowest BCUT2D eigenvalue weighted by atomic mass is 9.71. The number of amides is 2. The fourth-order valence-corrected chi connectivity index (χ4v) is 2.59. The van der Waals surface area contributed by atoms with Crippen molar-refractivity contribution in [1.82, 2.24) is 5.32 Å². The van der Waals surface area contributed by atoms with Crippen molar-refractivity contribution >= 4 is 17.6 Å². The van der Waals surface area contributed by atoms with E-state index in [-0.39, 0.29) is 11.8 Å². The van der Waals surface area contributed by atoms with E-state index in [1.807, 2.05) is 6.92 Å². The zero-order valence-electron chi connectivity index (χ0n) is 11.1. The minimum absolute atomic E-state index is 0.206. The molecule has 0 saturated heterocycles. The molecule has 5 nitrogen and oxygen atoms in total. The molecule has 100 valence electrons. The van der Waals surface area contributed by atoms with Crippen LogP contribution in [0.4, 0.5) is 0 Å². The largest absolute Gasteiger partial charge is 0.319 e. The van der Waals surface area contributed by atoms with Crippen LogP contribution in [0.1, 0.15) is 52.4 Å². The molecule has 0 aromatic rings. The van der Waals surface area contributed by atoms with Crippen molar-refractivity contribution in [1.29, 1.82) is 0 Å². The van der Waals surface area contributed by atoms with Crippen molar-refractivity contribution in [2.24, 2.45) is 16.1 Å². The Morgan fingerprint density at radius 3 is 2.44 bits per heavy atom. The average molecular weight is 251 g/mol. The van der Waals surface area contributed by atoms with Gasteiger partial charge in [-0.05, 0) is 26.2 Å². The monoisotopic (exact) mass is 251 g/mol. The zero-order valence-corrected chi connectivity index (χ0v) is 11.1. The van der Waals surface area contributed by atoms with E-state index < -0.39 is 11.0 Å². The summed E-state index contributed by atoms with van der Waals surface area (Å²) >= 11 is 0. The van der Waals surface area contributed by atoms with E-state index in [0.717, 1.165) is 19.3 Å². The molecule has 2 aliphatic rings. The van der Waals surface area contributed by atoms with Crippen LogP contribution >= 0.6 is 0 Å². The predicted octanol–water partition coefficient (Wildman–Crippen LogP) is 1.12.